The summed E-state index contributed by atoms with van der Waals surface area (Å²) in [7, 11) is 0. The number of hydrogen-bond acceptors (Lipinski definition) is 3. The first-order valence-corrected chi connectivity index (χ1v) is 5.88. The second-order valence-electron chi connectivity index (χ2n) is 3.99. The van der Waals surface area contributed by atoms with Crippen LogP contribution in [0.5, 0.6) is 5.75 Å². The number of carbonyl (C=O) groups is 1. The van der Waals surface area contributed by atoms with Gasteiger partial charge in [-0.3, -0.25) is 4.79 Å². The molecule has 0 saturated carbocycles. The minimum Gasteiger partial charge on any atom is -0.478 e. The van der Waals surface area contributed by atoms with E-state index in [1.165, 1.54) is 18.4 Å². The van der Waals surface area contributed by atoms with E-state index in [0.717, 1.165) is 0 Å². The highest BCUT2D eigenvalue weighted by atomic mass is 19.1. The SMILES string of the molecule is CC(Oc1ccccc1F)C(=O)NCc1ccco1. The normalized spacial score (nSPS) is 11.9. The van der Waals surface area contributed by atoms with Gasteiger partial charge in [-0.05, 0) is 31.2 Å². The first-order valence-electron chi connectivity index (χ1n) is 5.88. The first kappa shape index (κ1) is 13.1. The minimum absolute atomic E-state index is 0.0585. The molecule has 0 aliphatic rings. The number of carbonyl (C=O) groups excluding carboxylic acids is 1. The van der Waals surface area contributed by atoms with E-state index in [9.17, 15) is 9.18 Å². The van der Waals surface area contributed by atoms with E-state index in [1.807, 2.05) is 0 Å². The number of para-hydroxylation sites is 1. The van der Waals surface area contributed by atoms with Crippen LogP contribution in [0.3, 0.4) is 0 Å². The molecule has 0 aliphatic heterocycles. The van der Waals surface area contributed by atoms with Gasteiger partial charge >= 0.3 is 0 Å². The molecule has 1 atom stereocenters. The highest BCUT2D eigenvalue weighted by Crippen LogP contribution is 2.17. The van der Waals surface area contributed by atoms with Crippen molar-refractivity contribution in [2.24, 2.45) is 0 Å². The summed E-state index contributed by atoms with van der Waals surface area (Å²) in [6.45, 7) is 1.83. The van der Waals surface area contributed by atoms with E-state index in [4.69, 9.17) is 9.15 Å². The van der Waals surface area contributed by atoms with Crippen molar-refractivity contribution in [3.8, 4) is 5.75 Å². The molecule has 0 bridgehead atoms. The Balaban J connectivity index is 1.87. The molecule has 0 saturated heterocycles. The molecule has 100 valence electrons. The van der Waals surface area contributed by atoms with Crippen LogP contribution >= 0.6 is 0 Å². The van der Waals surface area contributed by atoms with Gasteiger partial charge in [0, 0.05) is 0 Å². The summed E-state index contributed by atoms with van der Waals surface area (Å²) in [6.07, 6.45) is 0.743. The van der Waals surface area contributed by atoms with Crippen molar-refractivity contribution in [1.82, 2.24) is 5.32 Å². The van der Waals surface area contributed by atoms with E-state index >= 15 is 0 Å². The third-order valence-corrected chi connectivity index (χ3v) is 2.53. The molecule has 0 spiro atoms. The Morgan fingerprint density at radius 3 is 2.84 bits per heavy atom. The van der Waals surface area contributed by atoms with Crippen LogP contribution in [0.1, 0.15) is 12.7 Å². The molecule has 2 aromatic rings. The monoisotopic (exact) mass is 263 g/mol. The molecule has 1 N–H and O–H groups in total. The Kier molecular flexibility index (Phi) is 4.18. The predicted molar refractivity (Wildman–Crippen MR) is 67.0 cm³/mol. The first-order chi connectivity index (χ1) is 9.16. The molecule has 1 aromatic heterocycles. The predicted octanol–water partition coefficient (Wildman–Crippen LogP) is 2.50. The van der Waals surface area contributed by atoms with Gasteiger partial charge in [0.15, 0.2) is 17.7 Å². The van der Waals surface area contributed by atoms with E-state index in [-0.39, 0.29) is 18.2 Å². The Bertz CT molecular complexity index is 539. The van der Waals surface area contributed by atoms with E-state index in [0.29, 0.717) is 5.76 Å². The van der Waals surface area contributed by atoms with Gasteiger partial charge in [0.05, 0.1) is 12.8 Å². The van der Waals surface area contributed by atoms with Crippen LogP contribution in [-0.2, 0) is 11.3 Å². The molecule has 1 heterocycles. The van der Waals surface area contributed by atoms with Gasteiger partial charge in [-0.1, -0.05) is 12.1 Å². The lowest BCUT2D eigenvalue weighted by atomic mass is 10.3. The molecule has 1 amide bonds. The summed E-state index contributed by atoms with van der Waals surface area (Å²) >= 11 is 0. The summed E-state index contributed by atoms with van der Waals surface area (Å²) < 4.78 is 23.7. The molecule has 19 heavy (non-hydrogen) atoms. The minimum atomic E-state index is -0.785. The summed E-state index contributed by atoms with van der Waals surface area (Å²) in [5, 5.41) is 2.64. The summed E-state index contributed by atoms with van der Waals surface area (Å²) in [5.41, 5.74) is 0. The molecule has 4 nitrogen and oxygen atoms in total. The van der Waals surface area contributed by atoms with E-state index in [1.54, 1.807) is 31.2 Å². The van der Waals surface area contributed by atoms with Crippen molar-refractivity contribution in [3.05, 3.63) is 54.2 Å². The number of nitrogens with one attached hydrogen (secondary N) is 1. The average molecular weight is 263 g/mol. The maximum absolute atomic E-state index is 13.4. The van der Waals surface area contributed by atoms with Crippen LogP contribution in [0.4, 0.5) is 4.39 Å². The van der Waals surface area contributed by atoms with Crippen LogP contribution in [0.15, 0.2) is 47.1 Å². The van der Waals surface area contributed by atoms with Crippen LogP contribution in [-0.4, -0.2) is 12.0 Å². The lowest BCUT2D eigenvalue weighted by Gasteiger charge is -2.14. The van der Waals surface area contributed by atoms with Crippen LogP contribution in [0, 0.1) is 5.82 Å². The zero-order valence-corrected chi connectivity index (χ0v) is 10.4. The maximum atomic E-state index is 13.4. The highest BCUT2D eigenvalue weighted by molar-refractivity contribution is 5.80. The van der Waals surface area contributed by atoms with Gasteiger partial charge in [-0.15, -0.1) is 0 Å². The standard InChI is InChI=1S/C14H14FNO3/c1-10(19-13-7-3-2-6-12(13)15)14(17)16-9-11-5-4-8-18-11/h2-8,10H,9H2,1H3,(H,16,17). The number of ether oxygens (including phenoxy) is 1. The Morgan fingerprint density at radius 1 is 1.37 bits per heavy atom. The molecule has 1 aromatic carbocycles. The van der Waals surface area contributed by atoms with Gasteiger partial charge in [-0.2, -0.15) is 0 Å². The van der Waals surface area contributed by atoms with Crippen molar-refractivity contribution in [3.63, 3.8) is 0 Å². The van der Waals surface area contributed by atoms with Crippen molar-refractivity contribution in [1.29, 1.82) is 0 Å². The number of benzene rings is 1. The van der Waals surface area contributed by atoms with Gasteiger partial charge in [-0.25, -0.2) is 4.39 Å². The van der Waals surface area contributed by atoms with Crippen molar-refractivity contribution in [2.75, 3.05) is 0 Å². The zero-order valence-electron chi connectivity index (χ0n) is 10.4. The molecular weight excluding hydrogens is 249 g/mol. The Labute approximate surface area is 110 Å². The zero-order chi connectivity index (χ0) is 13.7. The van der Waals surface area contributed by atoms with Crippen LogP contribution < -0.4 is 10.1 Å². The topological polar surface area (TPSA) is 51.5 Å². The lowest BCUT2D eigenvalue weighted by molar-refractivity contribution is -0.127. The smallest absolute Gasteiger partial charge is 0.261 e. The molecule has 0 fully saturated rings. The number of rotatable bonds is 5. The van der Waals surface area contributed by atoms with Crippen LogP contribution in [0.2, 0.25) is 0 Å². The lowest BCUT2D eigenvalue weighted by Crippen LogP contribution is -2.36. The van der Waals surface area contributed by atoms with Gasteiger partial charge in [0.2, 0.25) is 0 Å². The number of furan rings is 1. The van der Waals surface area contributed by atoms with E-state index < -0.39 is 11.9 Å². The second kappa shape index (κ2) is 6.04. The fourth-order valence-corrected chi connectivity index (χ4v) is 1.52. The molecule has 2 rings (SSSR count). The van der Waals surface area contributed by atoms with Crippen molar-refractivity contribution < 1.29 is 18.3 Å². The van der Waals surface area contributed by atoms with Gasteiger partial charge in [0.25, 0.3) is 5.91 Å². The molecular formula is C14H14FNO3. The molecule has 0 radical (unpaired) electrons. The third-order valence-electron chi connectivity index (χ3n) is 2.53. The quantitative estimate of drug-likeness (QED) is 0.901. The Morgan fingerprint density at radius 2 is 2.16 bits per heavy atom. The van der Waals surface area contributed by atoms with E-state index in [2.05, 4.69) is 5.32 Å². The van der Waals surface area contributed by atoms with Gasteiger partial charge < -0.3 is 14.5 Å². The number of halogens is 1. The summed E-state index contributed by atoms with van der Waals surface area (Å²) in [4.78, 5) is 11.8. The second-order valence-corrected chi connectivity index (χ2v) is 3.99. The fraction of sp³-hybridized carbons (Fsp3) is 0.214. The molecule has 1 unspecified atom stereocenters. The van der Waals surface area contributed by atoms with Crippen LogP contribution in [0.25, 0.3) is 0 Å². The third kappa shape index (κ3) is 3.58. The van der Waals surface area contributed by atoms with Gasteiger partial charge in [0.1, 0.15) is 5.76 Å². The molecule has 5 heteroatoms. The number of amides is 1. The maximum Gasteiger partial charge on any atom is 0.261 e. The average Bonchev–Trinajstić information content (AvgIpc) is 2.91. The largest absolute Gasteiger partial charge is 0.478 e. The van der Waals surface area contributed by atoms with Crippen molar-refractivity contribution in [2.45, 2.75) is 19.6 Å². The molecule has 0 aliphatic carbocycles. The highest BCUT2D eigenvalue weighted by Gasteiger charge is 2.16. The summed E-state index contributed by atoms with van der Waals surface area (Å²) in [6, 6.07) is 9.45. The van der Waals surface area contributed by atoms with Crippen molar-refractivity contribution >= 4 is 5.91 Å². The number of hydrogen-bond donors (Lipinski definition) is 1. The fourth-order valence-electron chi connectivity index (χ4n) is 1.52. The Hall–Kier alpha value is -2.30. The summed E-state index contributed by atoms with van der Waals surface area (Å²) in [5.74, 6) is -0.123.